The van der Waals surface area contributed by atoms with Gasteiger partial charge < -0.3 is 14.8 Å². The van der Waals surface area contributed by atoms with Crippen LogP contribution in [-0.2, 0) is 10.2 Å². The van der Waals surface area contributed by atoms with Gasteiger partial charge in [-0.25, -0.2) is 4.68 Å². The van der Waals surface area contributed by atoms with Gasteiger partial charge in [0.25, 0.3) is 5.91 Å². The molecule has 1 aliphatic rings. The van der Waals surface area contributed by atoms with Crippen LogP contribution >= 0.6 is 0 Å². The third-order valence-corrected chi connectivity index (χ3v) is 6.61. The number of hydrogen-bond donors (Lipinski definition) is 1. The maximum atomic E-state index is 12.8. The Morgan fingerprint density at radius 2 is 2.10 bits per heavy atom. The normalized spacial score (nSPS) is 16.0. The van der Waals surface area contributed by atoms with Crippen molar-refractivity contribution in [3.63, 3.8) is 0 Å². The third kappa shape index (κ3) is 6.70. The number of nitrogens with one attached hydrogen (secondary N) is 1. The summed E-state index contributed by atoms with van der Waals surface area (Å²) in [5.41, 5.74) is 4.58. The number of ether oxygens (including phenoxy) is 2. The molecule has 4 rings (SSSR count). The Bertz CT molecular complexity index is 1470. The van der Waals surface area contributed by atoms with E-state index < -0.39 is 5.41 Å². The molecule has 39 heavy (non-hydrogen) atoms. The molecule has 0 radical (unpaired) electrons. The first-order chi connectivity index (χ1) is 18.7. The SMILES string of the molecule is C=C(/C(C)=C\C=C(/C)NC(=O)c1cccc(C(C)(C)C#N)c1)n1cc(-c2cnccc2O[C@@H]2CCOC2)cn1. The molecule has 0 bridgehead atoms. The van der Waals surface area contributed by atoms with Crippen LogP contribution in [0.25, 0.3) is 16.8 Å². The zero-order valence-electron chi connectivity index (χ0n) is 22.8. The summed E-state index contributed by atoms with van der Waals surface area (Å²) in [6.07, 6.45) is 11.7. The average Bonchev–Trinajstić information content (AvgIpc) is 3.64. The van der Waals surface area contributed by atoms with Crippen molar-refractivity contribution in [2.75, 3.05) is 13.2 Å². The molecule has 1 fully saturated rings. The summed E-state index contributed by atoms with van der Waals surface area (Å²) in [4.78, 5) is 17.0. The number of amides is 1. The highest BCUT2D eigenvalue weighted by Gasteiger charge is 2.21. The lowest BCUT2D eigenvalue weighted by Crippen LogP contribution is -2.22. The van der Waals surface area contributed by atoms with Gasteiger partial charge in [0.2, 0.25) is 0 Å². The quantitative estimate of drug-likeness (QED) is 0.363. The lowest BCUT2D eigenvalue weighted by molar-refractivity contribution is 0.0966. The average molecular weight is 524 g/mol. The zero-order chi connectivity index (χ0) is 28.0. The lowest BCUT2D eigenvalue weighted by atomic mass is 9.85. The highest BCUT2D eigenvalue weighted by atomic mass is 16.5. The number of allylic oxidation sites excluding steroid dienone is 5. The number of benzene rings is 1. The van der Waals surface area contributed by atoms with Gasteiger partial charge in [-0.15, -0.1) is 0 Å². The molecule has 1 saturated heterocycles. The minimum absolute atomic E-state index is 0.0326. The molecule has 0 unspecified atom stereocenters. The van der Waals surface area contributed by atoms with Crippen LogP contribution < -0.4 is 10.1 Å². The van der Waals surface area contributed by atoms with E-state index in [9.17, 15) is 10.1 Å². The number of nitrogens with zero attached hydrogens (tertiary/aromatic N) is 4. The molecular formula is C31H33N5O3. The van der Waals surface area contributed by atoms with Crippen molar-refractivity contribution < 1.29 is 14.3 Å². The van der Waals surface area contributed by atoms with Gasteiger partial charge in [0.1, 0.15) is 11.9 Å². The van der Waals surface area contributed by atoms with Gasteiger partial charge in [0, 0.05) is 47.4 Å². The van der Waals surface area contributed by atoms with E-state index in [-0.39, 0.29) is 12.0 Å². The molecule has 0 spiro atoms. The van der Waals surface area contributed by atoms with Crippen LogP contribution in [0, 0.1) is 11.3 Å². The van der Waals surface area contributed by atoms with Crippen LogP contribution in [0.15, 0.2) is 85.1 Å². The van der Waals surface area contributed by atoms with E-state index >= 15 is 0 Å². The first kappa shape index (κ1) is 27.6. The number of rotatable bonds is 9. The molecule has 1 amide bonds. The summed E-state index contributed by atoms with van der Waals surface area (Å²) >= 11 is 0. The van der Waals surface area contributed by atoms with E-state index in [0.717, 1.165) is 34.4 Å². The third-order valence-electron chi connectivity index (χ3n) is 6.61. The Hall–Kier alpha value is -4.48. The number of nitriles is 1. The van der Waals surface area contributed by atoms with Crippen LogP contribution in [0.4, 0.5) is 0 Å². The van der Waals surface area contributed by atoms with Crippen molar-refractivity contribution in [2.45, 2.75) is 45.6 Å². The molecule has 1 N–H and O–H groups in total. The number of hydrogen-bond acceptors (Lipinski definition) is 6. The molecular weight excluding hydrogens is 490 g/mol. The van der Waals surface area contributed by atoms with Crippen molar-refractivity contribution in [3.8, 4) is 22.9 Å². The number of aromatic nitrogens is 3. The predicted molar refractivity (Wildman–Crippen MR) is 151 cm³/mol. The number of carbonyl (C=O) groups excluding carboxylic acids is 1. The van der Waals surface area contributed by atoms with Gasteiger partial charge >= 0.3 is 0 Å². The second-order valence-electron chi connectivity index (χ2n) is 10.1. The Labute approximate surface area is 229 Å². The van der Waals surface area contributed by atoms with Crippen molar-refractivity contribution >= 4 is 11.6 Å². The molecule has 200 valence electrons. The summed E-state index contributed by atoms with van der Waals surface area (Å²) in [5.74, 6) is 0.508. The molecule has 0 aliphatic carbocycles. The minimum Gasteiger partial charge on any atom is -0.487 e. The van der Waals surface area contributed by atoms with E-state index in [2.05, 4.69) is 28.0 Å². The van der Waals surface area contributed by atoms with Crippen LogP contribution in [0.2, 0.25) is 0 Å². The maximum absolute atomic E-state index is 12.8. The highest BCUT2D eigenvalue weighted by molar-refractivity contribution is 5.95. The van der Waals surface area contributed by atoms with Crippen molar-refractivity contribution in [3.05, 3.63) is 96.2 Å². The van der Waals surface area contributed by atoms with Gasteiger partial charge in [-0.05, 0) is 63.1 Å². The summed E-state index contributed by atoms with van der Waals surface area (Å²) in [6.45, 7) is 12.9. The van der Waals surface area contributed by atoms with Gasteiger partial charge in [-0.2, -0.15) is 10.4 Å². The van der Waals surface area contributed by atoms with Gasteiger partial charge in [0.05, 0.1) is 36.6 Å². The second kappa shape index (κ2) is 11.9. The van der Waals surface area contributed by atoms with E-state index in [4.69, 9.17) is 9.47 Å². The molecule has 3 heterocycles. The highest BCUT2D eigenvalue weighted by Crippen LogP contribution is 2.31. The molecule has 3 aromatic rings. The molecule has 8 heteroatoms. The predicted octanol–water partition coefficient (Wildman–Crippen LogP) is 5.66. The lowest BCUT2D eigenvalue weighted by Gasteiger charge is -2.16. The zero-order valence-corrected chi connectivity index (χ0v) is 22.8. The summed E-state index contributed by atoms with van der Waals surface area (Å²) in [5, 5.41) is 16.8. The van der Waals surface area contributed by atoms with Crippen molar-refractivity contribution in [1.29, 1.82) is 5.26 Å². The summed E-state index contributed by atoms with van der Waals surface area (Å²) in [6, 6.07) is 11.3. The van der Waals surface area contributed by atoms with Crippen LogP contribution in [0.3, 0.4) is 0 Å². The van der Waals surface area contributed by atoms with E-state index in [1.54, 1.807) is 41.5 Å². The number of pyridine rings is 1. The topological polar surface area (TPSA) is 102 Å². The first-order valence-electron chi connectivity index (χ1n) is 12.8. The van der Waals surface area contributed by atoms with Crippen molar-refractivity contribution in [2.24, 2.45) is 0 Å². The molecule has 0 saturated carbocycles. The van der Waals surface area contributed by atoms with E-state index in [0.29, 0.717) is 30.2 Å². The Kier molecular flexibility index (Phi) is 8.43. The molecule has 2 aromatic heterocycles. The fraction of sp³-hybridized carbons (Fsp3) is 0.290. The van der Waals surface area contributed by atoms with Crippen LogP contribution in [0.1, 0.15) is 50.0 Å². The summed E-state index contributed by atoms with van der Waals surface area (Å²) in [7, 11) is 0. The Balaban J connectivity index is 1.43. The van der Waals surface area contributed by atoms with E-state index in [1.165, 1.54) is 0 Å². The fourth-order valence-electron chi connectivity index (χ4n) is 4.03. The number of carbonyl (C=O) groups is 1. The van der Waals surface area contributed by atoms with Gasteiger partial charge in [-0.1, -0.05) is 24.8 Å². The second-order valence-corrected chi connectivity index (χ2v) is 10.1. The largest absolute Gasteiger partial charge is 0.487 e. The fourth-order valence-corrected chi connectivity index (χ4v) is 4.03. The van der Waals surface area contributed by atoms with Crippen LogP contribution in [0.5, 0.6) is 5.75 Å². The minimum atomic E-state index is -0.676. The molecule has 1 aromatic carbocycles. The first-order valence-corrected chi connectivity index (χ1v) is 12.8. The standard InChI is InChI=1S/C31H33N5O3/c1-21(9-10-22(2)35-30(37)24-7-6-8-26(15-24)31(4,5)20-32)23(3)36-18-25(16-34-36)28-17-33-13-11-29(28)39-27-12-14-38-19-27/h6-11,13,15-18,27H,3,12,14,19H2,1-2,4-5H3,(H,35,37)/b21-9-,22-10+/t27-/m1/s1. The maximum Gasteiger partial charge on any atom is 0.255 e. The molecule has 1 atom stereocenters. The monoisotopic (exact) mass is 523 g/mol. The van der Waals surface area contributed by atoms with Gasteiger partial charge in [0.15, 0.2) is 0 Å². The van der Waals surface area contributed by atoms with Crippen LogP contribution in [-0.4, -0.2) is 40.0 Å². The molecule has 8 nitrogen and oxygen atoms in total. The Morgan fingerprint density at radius 1 is 1.28 bits per heavy atom. The van der Waals surface area contributed by atoms with E-state index in [1.807, 2.05) is 58.2 Å². The van der Waals surface area contributed by atoms with Gasteiger partial charge in [-0.3, -0.25) is 9.78 Å². The molecule has 1 aliphatic heterocycles. The summed E-state index contributed by atoms with van der Waals surface area (Å²) < 4.78 is 13.3. The van der Waals surface area contributed by atoms with Crippen molar-refractivity contribution in [1.82, 2.24) is 20.1 Å². The Morgan fingerprint density at radius 3 is 2.85 bits per heavy atom. The smallest absolute Gasteiger partial charge is 0.255 e.